The molecule has 1 atom stereocenters. The van der Waals surface area contributed by atoms with E-state index in [-0.39, 0.29) is 17.7 Å². The van der Waals surface area contributed by atoms with Gasteiger partial charge in [-0.25, -0.2) is 0 Å². The predicted molar refractivity (Wildman–Crippen MR) is 183 cm³/mol. The number of piperidine rings is 1. The van der Waals surface area contributed by atoms with E-state index < -0.39 is 11.6 Å². The van der Waals surface area contributed by atoms with Gasteiger partial charge in [-0.3, -0.25) is 14.4 Å². The lowest BCUT2D eigenvalue weighted by Crippen LogP contribution is -2.61. The van der Waals surface area contributed by atoms with Crippen molar-refractivity contribution in [2.75, 3.05) is 39.4 Å². The van der Waals surface area contributed by atoms with Gasteiger partial charge in [0.05, 0.1) is 4.88 Å². The van der Waals surface area contributed by atoms with Crippen molar-refractivity contribution in [3.8, 4) is 0 Å². The van der Waals surface area contributed by atoms with E-state index in [0.29, 0.717) is 36.6 Å². The number of rotatable bonds is 11. The first-order chi connectivity index (χ1) is 22.4. The zero-order chi connectivity index (χ0) is 31.9. The Labute approximate surface area is 276 Å². The van der Waals surface area contributed by atoms with Crippen LogP contribution in [-0.4, -0.2) is 73.6 Å². The topological polar surface area (TPSA) is 99.8 Å². The van der Waals surface area contributed by atoms with E-state index in [0.717, 1.165) is 98.5 Å². The van der Waals surface area contributed by atoms with Crippen LogP contribution in [0.1, 0.15) is 72.2 Å². The van der Waals surface area contributed by atoms with Gasteiger partial charge < -0.3 is 25.6 Å². The Morgan fingerprint density at radius 3 is 2.43 bits per heavy atom. The molecule has 0 radical (unpaired) electrons. The SMILES string of the molecule is Cc1ccc2cc(C(=O)NC3(C(=O)NC(Cc4ccccc4)C(=O)NCC4CCN(CC5CCOCC5)CC4)CCCC3)sc2c1. The Morgan fingerprint density at radius 2 is 1.70 bits per heavy atom. The first-order valence-corrected chi connectivity index (χ1v) is 17.9. The van der Waals surface area contributed by atoms with Crippen LogP contribution in [0, 0.1) is 18.8 Å². The number of carbonyl (C=O) groups is 3. The molecule has 6 rings (SSSR count). The maximum Gasteiger partial charge on any atom is 0.262 e. The third-order valence-electron chi connectivity index (χ3n) is 10.2. The summed E-state index contributed by atoms with van der Waals surface area (Å²) < 4.78 is 6.58. The standard InChI is InChI=1S/C37H48N4O4S/c1-26-9-10-30-23-33(46-32(30)21-26)35(43)40-37(15-5-6-16-37)36(44)39-31(22-27-7-3-2-4-8-27)34(42)38-24-28-11-17-41(18-12-28)25-29-13-19-45-20-14-29/h2-4,7-10,21,23,28-29,31H,5-6,11-20,22,24-25H2,1H3,(H,38,42)(H,39,44)(H,40,43). The van der Waals surface area contributed by atoms with Crippen LogP contribution in [0.25, 0.3) is 10.1 Å². The highest BCUT2D eigenvalue weighted by Crippen LogP contribution is 2.32. The largest absolute Gasteiger partial charge is 0.381 e. The van der Waals surface area contributed by atoms with Crippen LogP contribution < -0.4 is 16.0 Å². The van der Waals surface area contributed by atoms with Gasteiger partial charge in [-0.2, -0.15) is 0 Å². The molecule has 1 aliphatic carbocycles. The molecule has 9 heteroatoms. The zero-order valence-corrected chi connectivity index (χ0v) is 27.8. The van der Waals surface area contributed by atoms with E-state index in [1.807, 2.05) is 55.5 Å². The average Bonchev–Trinajstić information content (AvgIpc) is 3.73. The number of hydrogen-bond acceptors (Lipinski definition) is 6. The minimum absolute atomic E-state index is 0.166. The second kappa shape index (κ2) is 15.1. The van der Waals surface area contributed by atoms with Crippen LogP contribution in [-0.2, 0) is 20.7 Å². The molecule has 3 heterocycles. The van der Waals surface area contributed by atoms with Gasteiger partial charge >= 0.3 is 0 Å². The fraction of sp³-hybridized carbons (Fsp3) is 0.541. The maximum absolute atomic E-state index is 14.0. The molecule has 0 spiro atoms. The quantitative estimate of drug-likeness (QED) is 0.266. The third kappa shape index (κ3) is 8.17. The van der Waals surface area contributed by atoms with Crippen molar-refractivity contribution in [3.63, 3.8) is 0 Å². The summed E-state index contributed by atoms with van der Waals surface area (Å²) in [5, 5.41) is 10.4. The van der Waals surface area contributed by atoms with Gasteiger partial charge in [0.2, 0.25) is 11.8 Å². The number of likely N-dealkylation sites (tertiary alicyclic amines) is 1. The van der Waals surface area contributed by atoms with Crippen molar-refractivity contribution < 1.29 is 19.1 Å². The number of amides is 3. The molecule has 3 fully saturated rings. The molecule has 246 valence electrons. The predicted octanol–water partition coefficient (Wildman–Crippen LogP) is 5.23. The summed E-state index contributed by atoms with van der Waals surface area (Å²) in [5.74, 6) is 0.486. The summed E-state index contributed by atoms with van der Waals surface area (Å²) in [4.78, 5) is 44.4. The van der Waals surface area contributed by atoms with Crippen molar-refractivity contribution in [1.29, 1.82) is 0 Å². The van der Waals surface area contributed by atoms with Gasteiger partial charge in [0.15, 0.2) is 0 Å². The van der Waals surface area contributed by atoms with Crippen LogP contribution in [0.15, 0.2) is 54.6 Å². The highest BCUT2D eigenvalue weighted by molar-refractivity contribution is 7.20. The van der Waals surface area contributed by atoms with Gasteiger partial charge in [0.25, 0.3) is 5.91 Å². The molecular weight excluding hydrogens is 596 g/mol. The third-order valence-corrected chi connectivity index (χ3v) is 11.3. The Kier molecular flexibility index (Phi) is 10.7. The lowest BCUT2D eigenvalue weighted by atomic mass is 9.93. The maximum atomic E-state index is 14.0. The minimum atomic E-state index is -1.03. The summed E-state index contributed by atoms with van der Waals surface area (Å²) in [7, 11) is 0. The van der Waals surface area contributed by atoms with Crippen molar-refractivity contribution in [1.82, 2.24) is 20.9 Å². The molecule has 2 aliphatic heterocycles. The summed E-state index contributed by atoms with van der Waals surface area (Å²) in [5.41, 5.74) is 1.09. The van der Waals surface area contributed by atoms with E-state index in [4.69, 9.17) is 4.74 Å². The molecule has 3 aliphatic rings. The normalized spacial score (nSPS) is 19.9. The van der Waals surface area contributed by atoms with E-state index in [2.05, 4.69) is 26.9 Å². The lowest BCUT2D eigenvalue weighted by molar-refractivity contribution is -0.132. The number of hydrogen-bond donors (Lipinski definition) is 3. The number of thiophene rings is 1. The summed E-state index contributed by atoms with van der Waals surface area (Å²) in [6.07, 6.45) is 7.63. The van der Waals surface area contributed by atoms with Gasteiger partial charge in [0, 0.05) is 37.4 Å². The minimum Gasteiger partial charge on any atom is -0.381 e. The van der Waals surface area contributed by atoms with Gasteiger partial charge in [-0.1, -0.05) is 55.3 Å². The second-order valence-corrected chi connectivity index (χ2v) is 14.7. The van der Waals surface area contributed by atoms with Gasteiger partial charge in [-0.05, 0) is 99.0 Å². The number of ether oxygens (including phenoxy) is 1. The smallest absolute Gasteiger partial charge is 0.262 e. The van der Waals surface area contributed by atoms with Crippen LogP contribution in [0.2, 0.25) is 0 Å². The number of nitrogens with zero attached hydrogens (tertiary/aromatic N) is 1. The first-order valence-electron chi connectivity index (χ1n) is 17.1. The first kappa shape index (κ1) is 32.7. The molecule has 3 amide bonds. The Hall–Kier alpha value is -3.27. The fourth-order valence-electron chi connectivity index (χ4n) is 7.31. The molecule has 3 N–H and O–H groups in total. The van der Waals surface area contributed by atoms with E-state index >= 15 is 0 Å². The second-order valence-electron chi connectivity index (χ2n) is 13.7. The highest BCUT2D eigenvalue weighted by atomic mass is 32.1. The van der Waals surface area contributed by atoms with Crippen molar-refractivity contribution in [2.24, 2.45) is 11.8 Å². The van der Waals surface area contributed by atoms with Crippen LogP contribution in [0.5, 0.6) is 0 Å². The average molecular weight is 645 g/mol. The summed E-state index contributed by atoms with van der Waals surface area (Å²) >= 11 is 1.45. The number of benzene rings is 2. The number of carbonyl (C=O) groups excluding carboxylic acids is 3. The molecule has 1 aromatic heterocycles. The molecule has 2 saturated heterocycles. The summed E-state index contributed by atoms with van der Waals surface area (Å²) in [6, 6.07) is 17.1. The van der Waals surface area contributed by atoms with Crippen LogP contribution in [0.4, 0.5) is 0 Å². The number of aryl methyl sites for hydroxylation is 1. The molecule has 0 bridgehead atoms. The van der Waals surface area contributed by atoms with Gasteiger partial charge in [0.1, 0.15) is 11.6 Å². The Balaban J connectivity index is 1.08. The molecular formula is C37H48N4O4S. The molecule has 2 aromatic carbocycles. The molecule has 1 unspecified atom stereocenters. The summed E-state index contributed by atoms with van der Waals surface area (Å²) in [6.45, 7) is 7.68. The lowest BCUT2D eigenvalue weighted by Gasteiger charge is -2.35. The molecule has 3 aromatic rings. The molecule has 46 heavy (non-hydrogen) atoms. The van der Waals surface area contributed by atoms with Crippen molar-refractivity contribution >= 4 is 39.1 Å². The zero-order valence-electron chi connectivity index (χ0n) is 27.0. The van der Waals surface area contributed by atoms with E-state index in [9.17, 15) is 14.4 Å². The fourth-order valence-corrected chi connectivity index (χ4v) is 8.36. The van der Waals surface area contributed by atoms with Crippen LogP contribution in [0.3, 0.4) is 0 Å². The number of fused-ring (bicyclic) bond motifs is 1. The van der Waals surface area contributed by atoms with E-state index in [1.54, 1.807) is 0 Å². The monoisotopic (exact) mass is 644 g/mol. The highest BCUT2D eigenvalue weighted by Gasteiger charge is 2.44. The Morgan fingerprint density at radius 1 is 0.957 bits per heavy atom. The molecule has 8 nitrogen and oxygen atoms in total. The van der Waals surface area contributed by atoms with Crippen LogP contribution >= 0.6 is 11.3 Å². The van der Waals surface area contributed by atoms with Crippen molar-refractivity contribution in [3.05, 3.63) is 70.6 Å². The van der Waals surface area contributed by atoms with Gasteiger partial charge in [-0.15, -0.1) is 11.3 Å². The van der Waals surface area contributed by atoms with Crippen molar-refractivity contribution in [2.45, 2.75) is 76.3 Å². The molecule has 1 saturated carbocycles. The Bertz CT molecular complexity index is 1490. The number of nitrogens with one attached hydrogen (secondary N) is 3. The van der Waals surface area contributed by atoms with E-state index in [1.165, 1.54) is 11.3 Å².